The van der Waals surface area contributed by atoms with E-state index < -0.39 is 5.97 Å². The molecule has 0 aliphatic heterocycles. The van der Waals surface area contributed by atoms with Gasteiger partial charge in [0.25, 0.3) is 5.89 Å². The Balaban J connectivity index is 1.35. The second-order valence-electron chi connectivity index (χ2n) is 6.08. The molecule has 3 heterocycles. The number of rotatable bonds is 8. The second kappa shape index (κ2) is 9.06. The lowest BCUT2D eigenvalue weighted by molar-refractivity contribution is -0.144. The highest BCUT2D eigenvalue weighted by molar-refractivity contribution is 7.13. The summed E-state index contributed by atoms with van der Waals surface area (Å²) in [4.78, 5) is 20.9. The number of hydrogen-bond donors (Lipinski definition) is 0. The highest BCUT2D eigenvalue weighted by atomic mass is 32.1. The number of thiophene rings is 1. The van der Waals surface area contributed by atoms with Gasteiger partial charge in [0, 0.05) is 16.3 Å². The second-order valence-corrected chi connectivity index (χ2v) is 7.72. The molecule has 10 heteroatoms. The van der Waals surface area contributed by atoms with Crippen LogP contribution in [0.1, 0.15) is 11.5 Å². The van der Waals surface area contributed by atoms with Gasteiger partial charge in [-0.05, 0) is 29.6 Å². The molecule has 30 heavy (non-hydrogen) atoms. The van der Waals surface area contributed by atoms with Crippen molar-refractivity contribution < 1.29 is 23.5 Å². The van der Waals surface area contributed by atoms with Crippen molar-refractivity contribution in [3.8, 4) is 33.5 Å². The van der Waals surface area contributed by atoms with Gasteiger partial charge >= 0.3 is 5.97 Å². The predicted octanol–water partition coefficient (Wildman–Crippen LogP) is 4.22. The maximum atomic E-state index is 12.2. The Labute approximate surface area is 180 Å². The van der Waals surface area contributed by atoms with Gasteiger partial charge in [-0.2, -0.15) is 16.3 Å². The molecule has 0 bridgehead atoms. The van der Waals surface area contributed by atoms with E-state index in [4.69, 9.17) is 18.7 Å². The lowest BCUT2D eigenvalue weighted by Gasteiger charge is -2.08. The van der Waals surface area contributed by atoms with E-state index in [0.717, 1.165) is 16.1 Å². The van der Waals surface area contributed by atoms with Gasteiger partial charge in [0.15, 0.2) is 18.1 Å². The van der Waals surface area contributed by atoms with E-state index in [-0.39, 0.29) is 13.0 Å². The number of methoxy groups -OCH3 is 2. The standard InChI is InChI=1S/C20H17N3O5S2/c1-25-15-4-3-12(7-16(15)26-2)20-21-14(11-30-20)8-18(24)27-9-17-22-19(28-23-17)13-5-6-29-10-13/h3-7,10-11H,8-9H2,1-2H3. The number of thiazole rings is 1. The first kappa shape index (κ1) is 20.0. The Bertz CT molecular complexity index is 1140. The zero-order valence-corrected chi connectivity index (χ0v) is 17.8. The van der Waals surface area contributed by atoms with Crippen molar-refractivity contribution in [2.45, 2.75) is 13.0 Å². The molecule has 0 aliphatic carbocycles. The van der Waals surface area contributed by atoms with Crippen molar-refractivity contribution in [1.82, 2.24) is 15.1 Å². The van der Waals surface area contributed by atoms with Crippen LogP contribution in [-0.4, -0.2) is 35.3 Å². The van der Waals surface area contributed by atoms with Crippen molar-refractivity contribution in [3.05, 3.63) is 51.9 Å². The monoisotopic (exact) mass is 443 g/mol. The molecule has 0 unspecified atom stereocenters. The molecule has 1 aromatic carbocycles. The zero-order chi connectivity index (χ0) is 20.9. The Hall–Kier alpha value is -3.24. The molecule has 0 N–H and O–H groups in total. The summed E-state index contributed by atoms with van der Waals surface area (Å²) < 4.78 is 21.0. The van der Waals surface area contributed by atoms with Crippen LogP contribution >= 0.6 is 22.7 Å². The number of carbonyl (C=O) groups is 1. The zero-order valence-electron chi connectivity index (χ0n) is 16.2. The summed E-state index contributed by atoms with van der Waals surface area (Å²) in [6, 6.07) is 7.44. The number of aromatic nitrogens is 3. The van der Waals surface area contributed by atoms with Crippen molar-refractivity contribution in [2.75, 3.05) is 14.2 Å². The molecule has 0 atom stereocenters. The molecule has 154 valence electrons. The van der Waals surface area contributed by atoms with Crippen molar-refractivity contribution in [1.29, 1.82) is 0 Å². The van der Waals surface area contributed by atoms with E-state index in [1.807, 2.05) is 40.4 Å². The lowest BCUT2D eigenvalue weighted by atomic mass is 10.2. The summed E-state index contributed by atoms with van der Waals surface area (Å²) >= 11 is 2.97. The van der Waals surface area contributed by atoms with Crippen LogP contribution < -0.4 is 9.47 Å². The van der Waals surface area contributed by atoms with E-state index in [0.29, 0.717) is 28.9 Å². The molecule has 3 aromatic heterocycles. The van der Waals surface area contributed by atoms with E-state index in [1.165, 1.54) is 22.7 Å². The van der Waals surface area contributed by atoms with Gasteiger partial charge in [0.1, 0.15) is 5.01 Å². The minimum absolute atomic E-state index is 0.0546. The molecular weight excluding hydrogens is 426 g/mol. The Morgan fingerprint density at radius 2 is 1.93 bits per heavy atom. The SMILES string of the molecule is COc1ccc(-c2nc(CC(=O)OCc3noc(-c4ccsc4)n3)cs2)cc1OC. The summed E-state index contributed by atoms with van der Waals surface area (Å²) in [5.74, 6) is 1.56. The molecule has 0 radical (unpaired) electrons. The van der Waals surface area contributed by atoms with Crippen LogP contribution in [0, 0.1) is 0 Å². The van der Waals surface area contributed by atoms with Crippen LogP contribution in [-0.2, 0) is 22.6 Å². The first-order chi connectivity index (χ1) is 14.7. The van der Waals surface area contributed by atoms with Crippen LogP contribution in [0.2, 0.25) is 0 Å². The molecule has 0 aliphatic rings. The molecule has 0 spiro atoms. The van der Waals surface area contributed by atoms with E-state index in [9.17, 15) is 4.79 Å². The Morgan fingerprint density at radius 3 is 2.70 bits per heavy atom. The summed E-state index contributed by atoms with van der Waals surface area (Å²) in [5.41, 5.74) is 2.35. The average Bonchev–Trinajstić information content (AvgIpc) is 3.53. The number of carbonyl (C=O) groups excluding carboxylic acids is 1. The molecule has 4 aromatic rings. The van der Waals surface area contributed by atoms with Crippen LogP contribution in [0.5, 0.6) is 11.5 Å². The number of hydrogen-bond acceptors (Lipinski definition) is 10. The largest absolute Gasteiger partial charge is 0.493 e. The Kier molecular flexibility index (Phi) is 6.05. The molecule has 0 fully saturated rings. The first-order valence-electron chi connectivity index (χ1n) is 8.84. The van der Waals surface area contributed by atoms with Gasteiger partial charge in [-0.1, -0.05) is 5.16 Å². The Morgan fingerprint density at radius 1 is 1.07 bits per heavy atom. The number of esters is 1. The smallest absolute Gasteiger partial charge is 0.312 e. The molecule has 0 saturated carbocycles. The highest BCUT2D eigenvalue weighted by Crippen LogP contribution is 2.33. The molecular formula is C20H17N3O5S2. The number of benzene rings is 1. The lowest BCUT2D eigenvalue weighted by Crippen LogP contribution is -2.09. The number of ether oxygens (including phenoxy) is 3. The van der Waals surface area contributed by atoms with Crippen LogP contribution in [0.15, 0.2) is 44.9 Å². The summed E-state index contributed by atoms with van der Waals surface area (Å²) in [6.07, 6.45) is 0.0546. The van der Waals surface area contributed by atoms with E-state index in [2.05, 4.69) is 15.1 Å². The van der Waals surface area contributed by atoms with Crippen LogP contribution in [0.25, 0.3) is 22.0 Å². The highest BCUT2D eigenvalue weighted by Gasteiger charge is 2.14. The third kappa shape index (κ3) is 4.50. The van der Waals surface area contributed by atoms with Gasteiger partial charge in [0.05, 0.1) is 31.9 Å². The van der Waals surface area contributed by atoms with E-state index >= 15 is 0 Å². The molecule has 4 rings (SSSR count). The molecule has 0 saturated heterocycles. The summed E-state index contributed by atoms with van der Waals surface area (Å²) in [6.45, 7) is -0.0564. The average molecular weight is 444 g/mol. The van der Waals surface area contributed by atoms with Crippen molar-refractivity contribution in [3.63, 3.8) is 0 Å². The van der Waals surface area contributed by atoms with Gasteiger partial charge in [-0.25, -0.2) is 4.98 Å². The minimum Gasteiger partial charge on any atom is -0.493 e. The van der Waals surface area contributed by atoms with Gasteiger partial charge in [-0.15, -0.1) is 11.3 Å². The minimum atomic E-state index is -0.416. The van der Waals surface area contributed by atoms with Crippen LogP contribution in [0.3, 0.4) is 0 Å². The topological polar surface area (TPSA) is 96.6 Å². The van der Waals surface area contributed by atoms with Crippen molar-refractivity contribution >= 4 is 28.6 Å². The fourth-order valence-electron chi connectivity index (χ4n) is 2.65. The van der Waals surface area contributed by atoms with Gasteiger partial charge in [0.2, 0.25) is 5.82 Å². The quantitative estimate of drug-likeness (QED) is 0.373. The molecule has 0 amide bonds. The van der Waals surface area contributed by atoms with Gasteiger partial charge in [-0.3, -0.25) is 4.79 Å². The third-order valence-corrected chi connectivity index (χ3v) is 5.73. The summed E-state index contributed by atoms with van der Waals surface area (Å²) in [5, 5.41) is 10.3. The van der Waals surface area contributed by atoms with Crippen molar-refractivity contribution in [2.24, 2.45) is 0 Å². The van der Waals surface area contributed by atoms with E-state index in [1.54, 1.807) is 14.2 Å². The third-order valence-electron chi connectivity index (χ3n) is 4.11. The summed E-state index contributed by atoms with van der Waals surface area (Å²) in [7, 11) is 3.17. The normalized spacial score (nSPS) is 10.7. The molecule has 8 nitrogen and oxygen atoms in total. The predicted molar refractivity (Wildman–Crippen MR) is 112 cm³/mol. The van der Waals surface area contributed by atoms with Gasteiger partial charge < -0.3 is 18.7 Å². The maximum Gasteiger partial charge on any atom is 0.312 e. The fraction of sp³-hybridized carbons (Fsp3) is 0.200. The van der Waals surface area contributed by atoms with Crippen LogP contribution in [0.4, 0.5) is 0 Å². The fourth-order valence-corrected chi connectivity index (χ4v) is 4.10. The first-order valence-corrected chi connectivity index (χ1v) is 10.7. The maximum absolute atomic E-state index is 12.2. The number of nitrogens with zero attached hydrogens (tertiary/aromatic N) is 3.